The van der Waals surface area contributed by atoms with E-state index in [4.69, 9.17) is 4.74 Å². The fraction of sp³-hybridized carbons (Fsp3) is 0.333. The van der Waals surface area contributed by atoms with Crippen molar-refractivity contribution in [3.63, 3.8) is 0 Å². The van der Waals surface area contributed by atoms with Gasteiger partial charge < -0.3 is 9.64 Å². The van der Waals surface area contributed by atoms with E-state index in [0.717, 1.165) is 0 Å². The molecule has 9 heteroatoms. The summed E-state index contributed by atoms with van der Waals surface area (Å²) in [5, 5.41) is 0.440. The number of anilines is 2. The Kier molecular flexibility index (Phi) is 4.94. The standard InChI is InChI=1S/C24H19F4N3O2/c1-30-19-6-5-16(25)13-17(19)21(29-22(30)32)31-11-12-33-14-18-15(3-2-4-20(18)31)7-8-23(9-10-23)24(26,27)28/h2-6,13H,9-12,14H2,1H3. The van der Waals surface area contributed by atoms with Crippen LogP contribution in [-0.4, -0.2) is 28.9 Å². The predicted molar refractivity (Wildman–Crippen MR) is 115 cm³/mol. The van der Waals surface area contributed by atoms with Crippen LogP contribution >= 0.6 is 0 Å². The highest BCUT2D eigenvalue weighted by Gasteiger charge is 2.62. The number of ether oxygens (including phenoxy) is 1. The molecule has 2 heterocycles. The Labute approximate surface area is 186 Å². The Balaban J connectivity index is 1.67. The second-order valence-electron chi connectivity index (χ2n) is 8.28. The van der Waals surface area contributed by atoms with Crippen LogP contribution in [0, 0.1) is 23.1 Å². The minimum absolute atomic E-state index is 0.00404. The molecule has 2 aromatic carbocycles. The van der Waals surface area contributed by atoms with Crippen molar-refractivity contribution in [2.75, 3.05) is 18.1 Å². The molecule has 0 atom stereocenters. The molecule has 1 fully saturated rings. The van der Waals surface area contributed by atoms with Gasteiger partial charge in [0.25, 0.3) is 0 Å². The van der Waals surface area contributed by atoms with Crippen molar-refractivity contribution in [3.05, 3.63) is 63.8 Å². The third-order valence-electron chi connectivity index (χ3n) is 6.18. The molecule has 1 aliphatic carbocycles. The third kappa shape index (κ3) is 3.64. The van der Waals surface area contributed by atoms with Crippen LogP contribution in [-0.2, 0) is 18.4 Å². The third-order valence-corrected chi connectivity index (χ3v) is 6.18. The van der Waals surface area contributed by atoms with Crippen LogP contribution in [0.1, 0.15) is 24.0 Å². The van der Waals surface area contributed by atoms with Gasteiger partial charge in [0.05, 0.1) is 18.7 Å². The van der Waals surface area contributed by atoms with E-state index in [0.29, 0.717) is 34.3 Å². The largest absolute Gasteiger partial charge is 0.405 e. The van der Waals surface area contributed by atoms with Gasteiger partial charge in [-0.1, -0.05) is 17.9 Å². The molecule has 0 saturated heterocycles. The highest BCUT2D eigenvalue weighted by atomic mass is 19.4. The number of hydrogen-bond donors (Lipinski definition) is 0. The summed E-state index contributed by atoms with van der Waals surface area (Å²) in [5.41, 5.74) is -0.297. The van der Waals surface area contributed by atoms with Crippen molar-refractivity contribution in [1.29, 1.82) is 0 Å². The lowest BCUT2D eigenvalue weighted by Gasteiger charge is -2.25. The number of hydrogen-bond acceptors (Lipinski definition) is 4. The van der Waals surface area contributed by atoms with E-state index in [2.05, 4.69) is 16.8 Å². The van der Waals surface area contributed by atoms with E-state index >= 15 is 0 Å². The van der Waals surface area contributed by atoms with Crippen molar-refractivity contribution in [2.24, 2.45) is 12.5 Å². The first-order chi connectivity index (χ1) is 15.7. The summed E-state index contributed by atoms with van der Waals surface area (Å²) in [5.74, 6) is 4.95. The highest BCUT2D eigenvalue weighted by molar-refractivity contribution is 5.92. The minimum atomic E-state index is -4.37. The Bertz CT molecular complexity index is 1380. The van der Waals surface area contributed by atoms with Gasteiger partial charge in [-0.3, -0.25) is 4.57 Å². The average Bonchev–Trinajstić information content (AvgIpc) is 3.59. The molecule has 0 unspecified atom stereocenters. The number of fused-ring (bicyclic) bond motifs is 2. The first-order valence-corrected chi connectivity index (χ1v) is 10.4. The van der Waals surface area contributed by atoms with Gasteiger partial charge >= 0.3 is 11.9 Å². The van der Waals surface area contributed by atoms with Crippen molar-refractivity contribution in [2.45, 2.75) is 25.6 Å². The second kappa shape index (κ2) is 7.59. The lowest BCUT2D eigenvalue weighted by Crippen LogP contribution is -2.28. The van der Waals surface area contributed by atoms with E-state index in [1.807, 2.05) is 0 Å². The molecule has 1 aromatic heterocycles. The number of aryl methyl sites for hydroxylation is 1. The van der Waals surface area contributed by atoms with Gasteiger partial charge in [0.1, 0.15) is 17.1 Å². The molecule has 0 N–H and O–H groups in total. The first kappa shape index (κ1) is 21.5. The smallest absolute Gasteiger partial charge is 0.375 e. The fourth-order valence-corrected chi connectivity index (χ4v) is 4.07. The van der Waals surface area contributed by atoms with E-state index in [1.54, 1.807) is 30.1 Å². The lowest BCUT2D eigenvalue weighted by atomic mass is 10.0. The van der Waals surface area contributed by atoms with E-state index < -0.39 is 23.1 Å². The maximum atomic E-state index is 14.1. The summed E-state index contributed by atoms with van der Waals surface area (Å²) in [7, 11) is 1.56. The van der Waals surface area contributed by atoms with Crippen LogP contribution in [0.4, 0.5) is 29.1 Å². The zero-order chi connectivity index (χ0) is 23.4. The first-order valence-electron chi connectivity index (χ1n) is 10.4. The quantitative estimate of drug-likeness (QED) is 0.401. The van der Waals surface area contributed by atoms with Gasteiger partial charge in [-0.25, -0.2) is 9.18 Å². The molecule has 1 saturated carbocycles. The summed E-state index contributed by atoms with van der Waals surface area (Å²) in [6.07, 6.45) is -4.38. The molecule has 2 aliphatic rings. The lowest BCUT2D eigenvalue weighted by molar-refractivity contribution is -0.168. The van der Waals surface area contributed by atoms with Gasteiger partial charge in [-0.15, -0.1) is 0 Å². The Morgan fingerprint density at radius 3 is 2.70 bits per heavy atom. The molecule has 3 aromatic rings. The molecule has 5 rings (SSSR count). The summed E-state index contributed by atoms with van der Waals surface area (Å²) in [6, 6.07) is 9.22. The minimum Gasteiger partial charge on any atom is -0.375 e. The number of benzene rings is 2. The van der Waals surface area contributed by atoms with Crippen LogP contribution in [0.15, 0.2) is 41.2 Å². The number of rotatable bonds is 1. The molecular formula is C24H19F4N3O2. The van der Waals surface area contributed by atoms with Crippen molar-refractivity contribution in [3.8, 4) is 11.8 Å². The maximum Gasteiger partial charge on any atom is 0.405 e. The van der Waals surface area contributed by atoms with Crippen molar-refractivity contribution < 1.29 is 22.3 Å². The number of alkyl halides is 3. The van der Waals surface area contributed by atoms with Crippen molar-refractivity contribution in [1.82, 2.24) is 9.55 Å². The van der Waals surface area contributed by atoms with Crippen molar-refractivity contribution >= 4 is 22.4 Å². The number of nitrogens with zero attached hydrogens (tertiary/aromatic N) is 3. The molecule has 1 aliphatic heterocycles. The topological polar surface area (TPSA) is 47.4 Å². The van der Waals surface area contributed by atoms with Gasteiger partial charge in [0.2, 0.25) is 0 Å². The molecule has 5 nitrogen and oxygen atoms in total. The summed E-state index contributed by atoms with van der Waals surface area (Å²) in [4.78, 5) is 18.5. The number of halogens is 4. The molecule has 0 radical (unpaired) electrons. The van der Waals surface area contributed by atoms with Gasteiger partial charge in [0, 0.05) is 35.8 Å². The summed E-state index contributed by atoms with van der Waals surface area (Å²) >= 11 is 0. The summed E-state index contributed by atoms with van der Waals surface area (Å²) < 4.78 is 61.1. The SMILES string of the molecule is Cn1c(=O)nc(N2CCOCc3c(C#CC4(C(F)(F)F)CC4)cccc32)c2cc(F)ccc21. The zero-order valence-electron chi connectivity index (χ0n) is 17.7. The maximum absolute atomic E-state index is 14.1. The van der Waals surface area contributed by atoms with Crippen LogP contribution in [0.5, 0.6) is 0 Å². The molecule has 0 bridgehead atoms. The van der Waals surface area contributed by atoms with E-state index in [-0.39, 0.29) is 31.9 Å². The molecule has 0 amide bonds. The average molecular weight is 457 g/mol. The van der Waals surface area contributed by atoms with E-state index in [1.165, 1.54) is 22.8 Å². The second-order valence-corrected chi connectivity index (χ2v) is 8.28. The normalized spacial score (nSPS) is 17.2. The van der Waals surface area contributed by atoms with Crippen LogP contribution < -0.4 is 10.6 Å². The van der Waals surface area contributed by atoms with Crippen LogP contribution in [0.25, 0.3) is 10.9 Å². The Morgan fingerprint density at radius 1 is 1.18 bits per heavy atom. The van der Waals surface area contributed by atoms with Crippen LogP contribution in [0.3, 0.4) is 0 Å². The molecular weight excluding hydrogens is 438 g/mol. The van der Waals surface area contributed by atoms with Gasteiger partial charge in [-0.05, 0) is 43.2 Å². The van der Waals surface area contributed by atoms with Gasteiger partial charge in [0.15, 0.2) is 0 Å². The summed E-state index contributed by atoms with van der Waals surface area (Å²) in [6.45, 7) is 0.747. The molecule has 170 valence electrons. The molecule has 33 heavy (non-hydrogen) atoms. The molecule has 0 spiro atoms. The predicted octanol–water partition coefficient (Wildman–Crippen LogP) is 4.43. The number of aromatic nitrogens is 2. The van der Waals surface area contributed by atoms with Crippen LogP contribution in [0.2, 0.25) is 0 Å². The van der Waals surface area contributed by atoms with Gasteiger partial charge in [-0.2, -0.15) is 18.2 Å². The van der Waals surface area contributed by atoms with E-state index in [9.17, 15) is 22.4 Å². The zero-order valence-corrected chi connectivity index (χ0v) is 17.7. The highest BCUT2D eigenvalue weighted by Crippen LogP contribution is 2.57. The Hall–Kier alpha value is -3.38. The Morgan fingerprint density at radius 2 is 1.97 bits per heavy atom. The monoisotopic (exact) mass is 457 g/mol. The fourth-order valence-electron chi connectivity index (χ4n) is 4.07.